The van der Waals surface area contributed by atoms with Crippen molar-refractivity contribution in [1.29, 1.82) is 0 Å². The predicted molar refractivity (Wildman–Crippen MR) is 235 cm³/mol. The third kappa shape index (κ3) is 4.92. The molecule has 0 unspecified atom stereocenters. The summed E-state index contributed by atoms with van der Waals surface area (Å²) in [6.07, 6.45) is 0. The van der Waals surface area contributed by atoms with Gasteiger partial charge in [-0.2, -0.15) is 0 Å². The Kier molecular flexibility index (Phi) is 7.11. The smallest absolute Gasteiger partial charge is 0.0540 e. The highest BCUT2D eigenvalue weighted by molar-refractivity contribution is 7.26. The molecule has 0 radical (unpaired) electrons. The van der Waals surface area contributed by atoms with E-state index in [1.165, 1.54) is 85.5 Å². The lowest BCUT2D eigenvalue weighted by atomic mass is 9.98. The van der Waals surface area contributed by atoms with Gasteiger partial charge >= 0.3 is 0 Å². The molecule has 11 aromatic rings. The Labute approximate surface area is 317 Å². The summed E-state index contributed by atoms with van der Waals surface area (Å²) in [5.74, 6) is 0. The molecule has 1 aromatic heterocycles. The topological polar surface area (TPSA) is 3.24 Å². The maximum absolute atomic E-state index is 2.44. The van der Waals surface area contributed by atoms with Crippen LogP contribution in [0.25, 0.3) is 85.5 Å². The van der Waals surface area contributed by atoms with Gasteiger partial charge in [-0.3, -0.25) is 0 Å². The average molecular weight is 704 g/mol. The molecule has 0 atom stereocenters. The van der Waals surface area contributed by atoms with Crippen molar-refractivity contribution in [2.75, 3.05) is 4.90 Å². The normalized spacial score (nSPS) is 11.7. The molecule has 0 saturated carbocycles. The largest absolute Gasteiger partial charge is 0.310 e. The molecular formula is C52H33NS. The van der Waals surface area contributed by atoms with E-state index >= 15 is 0 Å². The van der Waals surface area contributed by atoms with E-state index in [-0.39, 0.29) is 0 Å². The second-order valence-corrected chi connectivity index (χ2v) is 15.1. The van der Waals surface area contributed by atoms with Crippen molar-refractivity contribution in [1.82, 2.24) is 0 Å². The van der Waals surface area contributed by atoms with Gasteiger partial charge in [-0.05, 0) is 90.3 Å². The molecular weight excluding hydrogens is 671 g/mol. The molecule has 2 heteroatoms. The van der Waals surface area contributed by atoms with Crippen LogP contribution in [0.2, 0.25) is 0 Å². The fourth-order valence-electron chi connectivity index (χ4n) is 8.46. The number of hydrogen-bond acceptors (Lipinski definition) is 2. The molecule has 10 aromatic carbocycles. The summed E-state index contributed by atoms with van der Waals surface area (Å²) < 4.78 is 2.66. The second kappa shape index (κ2) is 12.4. The van der Waals surface area contributed by atoms with Crippen LogP contribution < -0.4 is 4.90 Å². The van der Waals surface area contributed by atoms with Crippen molar-refractivity contribution in [2.45, 2.75) is 0 Å². The molecule has 1 nitrogen and oxygen atoms in total. The van der Waals surface area contributed by atoms with E-state index in [1.807, 2.05) is 11.3 Å². The minimum Gasteiger partial charge on any atom is -0.310 e. The Morgan fingerprint density at radius 2 is 0.796 bits per heavy atom. The van der Waals surface area contributed by atoms with E-state index in [1.54, 1.807) is 0 Å². The van der Waals surface area contributed by atoms with Crippen LogP contribution in [0, 0.1) is 0 Å². The SMILES string of the molecule is c1ccc(-c2cccc3c2sc2c(-c4ccc(N(c5ccc6ccc7ccccc7c6c5)c5cccc6c5ccc5ccccc56)cc4)cccc23)cc1. The Morgan fingerprint density at radius 3 is 1.50 bits per heavy atom. The molecule has 11 rings (SSSR count). The first-order valence-corrected chi connectivity index (χ1v) is 19.3. The summed E-state index contributed by atoms with van der Waals surface area (Å²) in [6.45, 7) is 0. The van der Waals surface area contributed by atoms with Crippen molar-refractivity contribution in [3.63, 3.8) is 0 Å². The molecule has 0 aliphatic carbocycles. The summed E-state index contributed by atoms with van der Waals surface area (Å²) >= 11 is 1.90. The molecule has 0 aliphatic rings. The predicted octanol–water partition coefficient (Wildman–Crippen LogP) is 15.5. The second-order valence-electron chi connectivity index (χ2n) is 14.1. The number of nitrogens with zero attached hydrogens (tertiary/aromatic N) is 1. The number of hydrogen-bond donors (Lipinski definition) is 0. The van der Waals surface area contributed by atoms with Crippen LogP contribution in [-0.4, -0.2) is 0 Å². The maximum atomic E-state index is 2.44. The molecule has 0 N–H and O–H groups in total. The van der Waals surface area contributed by atoms with E-state index in [2.05, 4.69) is 205 Å². The first-order valence-electron chi connectivity index (χ1n) is 18.5. The standard InChI is InChI=1S/C52H33NS/c1-2-11-34(12-3-1)43-17-8-20-47-48-21-9-18-44(52(48)54-51(43)47)37-25-29-39(30-26-37)53(40-31-27-38-24-23-35-13-5-7-16-42(35)49(38)33-40)50-22-10-19-45-41-15-6-4-14-36(41)28-32-46(45)50/h1-33H. The van der Waals surface area contributed by atoms with Crippen molar-refractivity contribution in [2.24, 2.45) is 0 Å². The van der Waals surface area contributed by atoms with Crippen LogP contribution in [0.4, 0.5) is 17.1 Å². The molecule has 0 aliphatic heterocycles. The zero-order valence-corrected chi connectivity index (χ0v) is 30.2. The quantitative estimate of drug-likeness (QED) is 0.161. The molecule has 0 fully saturated rings. The zero-order chi connectivity index (χ0) is 35.6. The van der Waals surface area contributed by atoms with Crippen molar-refractivity contribution in [3.8, 4) is 22.3 Å². The van der Waals surface area contributed by atoms with Crippen LogP contribution in [0.3, 0.4) is 0 Å². The lowest BCUT2D eigenvalue weighted by molar-refractivity contribution is 1.30. The highest BCUT2D eigenvalue weighted by Crippen LogP contribution is 2.46. The Bertz CT molecular complexity index is 3210. The molecule has 1 heterocycles. The van der Waals surface area contributed by atoms with Crippen molar-refractivity contribution in [3.05, 3.63) is 200 Å². The Balaban J connectivity index is 1.09. The van der Waals surface area contributed by atoms with E-state index in [9.17, 15) is 0 Å². The molecule has 252 valence electrons. The van der Waals surface area contributed by atoms with Gasteiger partial charge in [-0.25, -0.2) is 0 Å². The lowest BCUT2D eigenvalue weighted by Crippen LogP contribution is -2.10. The third-order valence-corrected chi connectivity index (χ3v) is 12.3. The van der Waals surface area contributed by atoms with Gasteiger partial charge in [0.25, 0.3) is 0 Å². The molecule has 0 amide bonds. The van der Waals surface area contributed by atoms with Crippen LogP contribution >= 0.6 is 11.3 Å². The highest BCUT2D eigenvalue weighted by atomic mass is 32.1. The number of fused-ring (bicyclic) bond motifs is 9. The highest BCUT2D eigenvalue weighted by Gasteiger charge is 2.19. The van der Waals surface area contributed by atoms with E-state index in [0.717, 1.165) is 17.1 Å². The van der Waals surface area contributed by atoms with Gasteiger partial charge in [0.15, 0.2) is 0 Å². The number of anilines is 3. The summed E-state index contributed by atoms with van der Waals surface area (Å²) in [5, 5.41) is 12.6. The first-order chi connectivity index (χ1) is 26.8. The van der Waals surface area contributed by atoms with Crippen LogP contribution in [0.1, 0.15) is 0 Å². The van der Waals surface area contributed by atoms with Crippen LogP contribution in [-0.2, 0) is 0 Å². The van der Waals surface area contributed by atoms with Gasteiger partial charge < -0.3 is 4.90 Å². The third-order valence-electron chi connectivity index (χ3n) is 11.0. The molecule has 0 saturated heterocycles. The number of thiophene rings is 1. The fraction of sp³-hybridized carbons (Fsp3) is 0. The Morgan fingerprint density at radius 1 is 0.296 bits per heavy atom. The zero-order valence-electron chi connectivity index (χ0n) is 29.4. The molecule has 54 heavy (non-hydrogen) atoms. The van der Waals surface area contributed by atoms with E-state index < -0.39 is 0 Å². The van der Waals surface area contributed by atoms with Crippen LogP contribution in [0.5, 0.6) is 0 Å². The monoisotopic (exact) mass is 703 g/mol. The average Bonchev–Trinajstić information content (AvgIpc) is 3.64. The van der Waals surface area contributed by atoms with Gasteiger partial charge in [0.05, 0.1) is 5.69 Å². The van der Waals surface area contributed by atoms with Crippen molar-refractivity contribution < 1.29 is 0 Å². The molecule has 0 bridgehead atoms. The summed E-state index contributed by atoms with van der Waals surface area (Å²) in [7, 11) is 0. The number of rotatable bonds is 5. The van der Waals surface area contributed by atoms with Gasteiger partial charge in [0.2, 0.25) is 0 Å². The van der Waals surface area contributed by atoms with E-state index in [0.29, 0.717) is 0 Å². The summed E-state index contributed by atoms with van der Waals surface area (Å²) in [5.41, 5.74) is 8.43. The summed E-state index contributed by atoms with van der Waals surface area (Å²) in [4.78, 5) is 2.44. The minimum absolute atomic E-state index is 1.12. The maximum Gasteiger partial charge on any atom is 0.0540 e. The first kappa shape index (κ1) is 30.8. The Hall–Kier alpha value is -6.74. The van der Waals surface area contributed by atoms with Gasteiger partial charge in [-0.1, -0.05) is 170 Å². The molecule has 0 spiro atoms. The number of benzene rings is 10. The fourth-order valence-corrected chi connectivity index (χ4v) is 9.83. The van der Waals surface area contributed by atoms with Gasteiger partial charge in [0.1, 0.15) is 0 Å². The van der Waals surface area contributed by atoms with Gasteiger partial charge in [0, 0.05) is 36.9 Å². The van der Waals surface area contributed by atoms with Crippen LogP contribution in [0.15, 0.2) is 200 Å². The van der Waals surface area contributed by atoms with E-state index in [4.69, 9.17) is 0 Å². The minimum atomic E-state index is 1.12. The van der Waals surface area contributed by atoms with Gasteiger partial charge in [-0.15, -0.1) is 11.3 Å². The lowest BCUT2D eigenvalue weighted by Gasteiger charge is -2.28. The summed E-state index contributed by atoms with van der Waals surface area (Å²) in [6, 6.07) is 73.4. The van der Waals surface area contributed by atoms with Crippen molar-refractivity contribution >= 4 is 91.7 Å².